The topological polar surface area (TPSA) is 52.2 Å². The van der Waals surface area contributed by atoms with Gasteiger partial charge in [-0.2, -0.15) is 9.78 Å². The second kappa shape index (κ2) is 6.36. The normalized spacial score (nSPS) is 11.7. The molecule has 0 aliphatic carbocycles. The van der Waals surface area contributed by atoms with E-state index < -0.39 is 0 Å². The summed E-state index contributed by atoms with van der Waals surface area (Å²) in [5, 5.41) is 4.94. The van der Waals surface area contributed by atoms with Crippen molar-refractivity contribution in [3.8, 4) is 0 Å². The molecule has 0 saturated carbocycles. The van der Waals surface area contributed by atoms with E-state index in [1.165, 1.54) is 10.4 Å². The number of hydrogen-bond acceptors (Lipinski definition) is 3. The van der Waals surface area contributed by atoms with Crippen LogP contribution in [0.15, 0.2) is 38.6 Å². The molecule has 0 atom stereocenters. The van der Waals surface area contributed by atoms with Crippen LogP contribution in [0.1, 0.15) is 29.7 Å². The molecule has 5 nitrogen and oxygen atoms in total. The SMILES string of the molecule is CCn1c(C)cc(C=Nn2c(C)nc3ccc(Br)cc3c2=O)c1C. The molecule has 24 heavy (non-hydrogen) atoms. The first-order chi connectivity index (χ1) is 11.4. The molecule has 2 aromatic heterocycles. The van der Waals surface area contributed by atoms with Crippen LogP contribution in [0.3, 0.4) is 0 Å². The fourth-order valence-corrected chi connectivity index (χ4v) is 3.32. The molecule has 0 fully saturated rings. The lowest BCUT2D eigenvalue weighted by Gasteiger charge is -2.06. The highest BCUT2D eigenvalue weighted by Gasteiger charge is 2.09. The molecule has 0 spiro atoms. The summed E-state index contributed by atoms with van der Waals surface area (Å²) in [5.74, 6) is 0.565. The van der Waals surface area contributed by atoms with Crippen LogP contribution in [-0.2, 0) is 6.54 Å². The first-order valence-electron chi connectivity index (χ1n) is 7.82. The average Bonchev–Trinajstić information content (AvgIpc) is 2.81. The Morgan fingerprint density at radius 1 is 1.25 bits per heavy atom. The van der Waals surface area contributed by atoms with Crippen LogP contribution in [0.2, 0.25) is 0 Å². The van der Waals surface area contributed by atoms with Gasteiger partial charge in [0.25, 0.3) is 5.56 Å². The van der Waals surface area contributed by atoms with Crippen molar-refractivity contribution in [3.63, 3.8) is 0 Å². The van der Waals surface area contributed by atoms with Gasteiger partial charge in [0.15, 0.2) is 0 Å². The Morgan fingerprint density at radius 3 is 2.67 bits per heavy atom. The van der Waals surface area contributed by atoms with Gasteiger partial charge in [0.1, 0.15) is 5.82 Å². The quantitative estimate of drug-likeness (QED) is 0.643. The summed E-state index contributed by atoms with van der Waals surface area (Å²) in [4.78, 5) is 17.2. The molecule has 0 unspecified atom stereocenters. The van der Waals surface area contributed by atoms with Gasteiger partial charge in [-0.05, 0) is 52.0 Å². The molecule has 2 heterocycles. The van der Waals surface area contributed by atoms with Gasteiger partial charge in [-0.25, -0.2) is 4.98 Å². The van der Waals surface area contributed by atoms with E-state index in [0.29, 0.717) is 16.7 Å². The molecule has 0 aliphatic heterocycles. The van der Waals surface area contributed by atoms with Crippen molar-refractivity contribution in [2.75, 3.05) is 0 Å². The number of aromatic nitrogens is 3. The Labute approximate surface area is 148 Å². The van der Waals surface area contributed by atoms with Gasteiger partial charge in [0.2, 0.25) is 0 Å². The number of fused-ring (bicyclic) bond motifs is 1. The van der Waals surface area contributed by atoms with Crippen molar-refractivity contribution < 1.29 is 0 Å². The van der Waals surface area contributed by atoms with Gasteiger partial charge in [-0.1, -0.05) is 15.9 Å². The summed E-state index contributed by atoms with van der Waals surface area (Å²) in [6, 6.07) is 7.56. The van der Waals surface area contributed by atoms with Crippen LogP contribution in [0, 0.1) is 20.8 Å². The van der Waals surface area contributed by atoms with Crippen molar-refractivity contribution in [3.05, 3.63) is 61.9 Å². The lowest BCUT2D eigenvalue weighted by atomic mass is 10.2. The van der Waals surface area contributed by atoms with Gasteiger partial charge >= 0.3 is 0 Å². The second-order valence-electron chi connectivity index (χ2n) is 5.75. The molecular formula is C18H19BrN4O. The molecule has 0 amide bonds. The zero-order valence-electron chi connectivity index (χ0n) is 14.2. The highest BCUT2D eigenvalue weighted by Crippen LogP contribution is 2.16. The highest BCUT2D eigenvalue weighted by molar-refractivity contribution is 9.10. The Balaban J connectivity index is 2.12. The molecule has 3 rings (SSSR count). The molecule has 0 aliphatic rings. The first kappa shape index (κ1) is 16.6. The van der Waals surface area contributed by atoms with E-state index in [-0.39, 0.29) is 5.56 Å². The number of nitrogens with zero attached hydrogens (tertiary/aromatic N) is 4. The van der Waals surface area contributed by atoms with Crippen molar-refractivity contribution in [1.29, 1.82) is 0 Å². The summed E-state index contributed by atoms with van der Waals surface area (Å²) in [7, 11) is 0. The van der Waals surface area contributed by atoms with E-state index in [2.05, 4.69) is 57.4 Å². The number of benzene rings is 1. The fraction of sp³-hybridized carbons (Fsp3) is 0.278. The molecule has 1 aromatic carbocycles. The maximum Gasteiger partial charge on any atom is 0.282 e. The van der Waals surface area contributed by atoms with E-state index in [0.717, 1.165) is 22.3 Å². The van der Waals surface area contributed by atoms with Crippen LogP contribution in [-0.4, -0.2) is 20.4 Å². The smallest absolute Gasteiger partial charge is 0.282 e. The molecule has 0 radical (unpaired) electrons. The monoisotopic (exact) mass is 386 g/mol. The second-order valence-corrected chi connectivity index (χ2v) is 6.67. The van der Waals surface area contributed by atoms with Crippen molar-refractivity contribution in [2.24, 2.45) is 5.10 Å². The van der Waals surface area contributed by atoms with Crippen molar-refractivity contribution in [1.82, 2.24) is 14.2 Å². The lowest BCUT2D eigenvalue weighted by Crippen LogP contribution is -2.20. The van der Waals surface area contributed by atoms with Crippen LogP contribution < -0.4 is 5.56 Å². The standard InChI is InChI=1S/C18H19BrN4O/c1-5-22-11(2)8-14(12(22)3)10-20-23-13(4)21-17-7-6-15(19)9-16(17)18(23)24/h6-10H,5H2,1-4H3. The molecule has 3 aromatic rings. The third-order valence-corrected chi connectivity index (χ3v) is 4.70. The van der Waals surface area contributed by atoms with Crippen LogP contribution in [0.4, 0.5) is 0 Å². The number of halogens is 1. The summed E-state index contributed by atoms with van der Waals surface area (Å²) < 4.78 is 4.42. The third kappa shape index (κ3) is 2.82. The summed E-state index contributed by atoms with van der Waals surface area (Å²) >= 11 is 3.40. The van der Waals surface area contributed by atoms with Gasteiger partial charge in [-0.15, -0.1) is 0 Å². The fourth-order valence-electron chi connectivity index (χ4n) is 2.96. The van der Waals surface area contributed by atoms with Crippen LogP contribution in [0.5, 0.6) is 0 Å². The zero-order chi connectivity index (χ0) is 17.4. The molecule has 0 saturated heterocycles. The molecule has 0 N–H and O–H groups in total. The maximum atomic E-state index is 12.7. The van der Waals surface area contributed by atoms with E-state index >= 15 is 0 Å². The maximum absolute atomic E-state index is 12.7. The lowest BCUT2D eigenvalue weighted by molar-refractivity contribution is 0.718. The molecular weight excluding hydrogens is 368 g/mol. The Hall–Kier alpha value is -2.21. The Kier molecular flexibility index (Phi) is 4.41. The predicted molar refractivity (Wildman–Crippen MR) is 101 cm³/mol. The number of rotatable bonds is 3. The summed E-state index contributed by atoms with van der Waals surface area (Å²) in [6.07, 6.45) is 1.73. The first-order valence-corrected chi connectivity index (χ1v) is 8.61. The highest BCUT2D eigenvalue weighted by atomic mass is 79.9. The minimum atomic E-state index is -0.167. The average molecular weight is 387 g/mol. The van der Waals surface area contributed by atoms with Gasteiger partial charge in [0.05, 0.1) is 17.1 Å². The minimum absolute atomic E-state index is 0.167. The molecule has 124 valence electrons. The van der Waals surface area contributed by atoms with Crippen LogP contribution in [0.25, 0.3) is 10.9 Å². The predicted octanol–water partition coefficient (Wildman–Crippen LogP) is 3.79. The van der Waals surface area contributed by atoms with Crippen molar-refractivity contribution >= 4 is 33.0 Å². The molecule has 0 bridgehead atoms. The van der Waals surface area contributed by atoms with E-state index in [9.17, 15) is 4.79 Å². The summed E-state index contributed by atoms with van der Waals surface area (Å²) in [5.41, 5.74) is 3.84. The van der Waals surface area contributed by atoms with Gasteiger partial charge < -0.3 is 4.57 Å². The Bertz CT molecular complexity index is 1010. The van der Waals surface area contributed by atoms with E-state index in [1.807, 2.05) is 12.1 Å². The van der Waals surface area contributed by atoms with Crippen LogP contribution >= 0.6 is 15.9 Å². The van der Waals surface area contributed by atoms with E-state index in [1.54, 1.807) is 19.2 Å². The zero-order valence-corrected chi connectivity index (χ0v) is 15.8. The molecule has 6 heteroatoms. The van der Waals surface area contributed by atoms with Crippen molar-refractivity contribution in [2.45, 2.75) is 34.2 Å². The van der Waals surface area contributed by atoms with Gasteiger partial charge in [0, 0.05) is 28.0 Å². The number of hydrogen-bond donors (Lipinski definition) is 0. The van der Waals surface area contributed by atoms with Gasteiger partial charge in [-0.3, -0.25) is 4.79 Å². The van der Waals surface area contributed by atoms with E-state index in [4.69, 9.17) is 0 Å². The summed E-state index contributed by atoms with van der Waals surface area (Å²) in [6.45, 7) is 8.94. The number of aryl methyl sites for hydroxylation is 2. The third-order valence-electron chi connectivity index (χ3n) is 4.21. The largest absolute Gasteiger partial charge is 0.349 e. The minimum Gasteiger partial charge on any atom is -0.349 e. The Morgan fingerprint density at radius 2 is 2.00 bits per heavy atom.